The number of rotatable bonds is 5. The maximum atomic E-state index is 4.35. The zero-order valence-electron chi connectivity index (χ0n) is 12.3. The standard InChI is InChI=1S/C13H19N5S2.HI/c1-9-6-16-12(20-9)4-5-15-13(14-3)17-7-11-10(2)18-8-19-11;/h6,8H,4-5,7H2,1-3H3,(H2,14,15,17);1H. The van der Waals surface area contributed by atoms with Crippen LogP contribution >= 0.6 is 46.7 Å². The van der Waals surface area contributed by atoms with Crippen molar-refractivity contribution in [2.24, 2.45) is 4.99 Å². The van der Waals surface area contributed by atoms with Crippen molar-refractivity contribution in [3.8, 4) is 0 Å². The van der Waals surface area contributed by atoms with Crippen LogP contribution < -0.4 is 10.6 Å². The molecule has 2 heterocycles. The molecule has 116 valence electrons. The van der Waals surface area contributed by atoms with Crippen molar-refractivity contribution in [1.29, 1.82) is 0 Å². The zero-order valence-corrected chi connectivity index (χ0v) is 16.3. The first kappa shape index (κ1) is 18.3. The highest BCUT2D eigenvalue weighted by molar-refractivity contribution is 14.0. The third kappa shape index (κ3) is 5.87. The molecule has 0 aliphatic heterocycles. The van der Waals surface area contributed by atoms with Crippen molar-refractivity contribution >= 4 is 52.6 Å². The van der Waals surface area contributed by atoms with Gasteiger partial charge in [0, 0.05) is 36.0 Å². The van der Waals surface area contributed by atoms with Crippen LogP contribution in [0.5, 0.6) is 0 Å². The lowest BCUT2D eigenvalue weighted by Gasteiger charge is -2.10. The Morgan fingerprint density at radius 2 is 2.10 bits per heavy atom. The SMILES string of the molecule is CN=C(NCCc1ncc(C)s1)NCc1scnc1C.I. The summed E-state index contributed by atoms with van der Waals surface area (Å²) in [5, 5.41) is 7.75. The Labute approximate surface area is 150 Å². The second kappa shape index (κ2) is 9.31. The van der Waals surface area contributed by atoms with Gasteiger partial charge in [-0.05, 0) is 13.8 Å². The predicted octanol–water partition coefficient (Wildman–Crippen LogP) is 2.74. The Morgan fingerprint density at radius 3 is 2.67 bits per heavy atom. The van der Waals surface area contributed by atoms with Gasteiger partial charge in [-0.15, -0.1) is 46.7 Å². The first-order valence-electron chi connectivity index (χ1n) is 6.44. The highest BCUT2D eigenvalue weighted by Gasteiger charge is 2.04. The minimum Gasteiger partial charge on any atom is -0.356 e. The van der Waals surface area contributed by atoms with E-state index in [1.165, 1.54) is 9.75 Å². The molecular weight excluding hydrogens is 417 g/mol. The summed E-state index contributed by atoms with van der Waals surface area (Å²) >= 11 is 3.40. The molecule has 0 bridgehead atoms. The number of nitrogens with zero attached hydrogens (tertiary/aromatic N) is 3. The Kier molecular flexibility index (Phi) is 8.12. The predicted molar refractivity (Wildman–Crippen MR) is 101 cm³/mol. The van der Waals surface area contributed by atoms with Crippen LogP contribution in [0.2, 0.25) is 0 Å². The van der Waals surface area contributed by atoms with Crippen molar-refractivity contribution in [2.75, 3.05) is 13.6 Å². The van der Waals surface area contributed by atoms with Crippen molar-refractivity contribution in [3.05, 3.63) is 32.2 Å². The zero-order chi connectivity index (χ0) is 14.4. The fourth-order valence-electron chi connectivity index (χ4n) is 1.69. The maximum absolute atomic E-state index is 4.35. The van der Waals surface area contributed by atoms with Gasteiger partial charge in [-0.3, -0.25) is 4.99 Å². The van der Waals surface area contributed by atoms with Crippen molar-refractivity contribution < 1.29 is 0 Å². The lowest BCUT2D eigenvalue weighted by Crippen LogP contribution is -2.37. The molecule has 2 N–H and O–H groups in total. The van der Waals surface area contributed by atoms with Gasteiger partial charge in [0.1, 0.15) is 0 Å². The van der Waals surface area contributed by atoms with E-state index in [1.807, 2.05) is 18.6 Å². The Morgan fingerprint density at radius 1 is 1.29 bits per heavy atom. The van der Waals surface area contributed by atoms with Gasteiger partial charge in [-0.2, -0.15) is 0 Å². The number of hydrogen-bond donors (Lipinski definition) is 2. The number of aromatic nitrogens is 2. The molecular formula is C13H20IN5S2. The molecule has 0 fully saturated rings. The summed E-state index contributed by atoms with van der Waals surface area (Å²) in [5.41, 5.74) is 2.95. The van der Waals surface area contributed by atoms with Crippen LogP contribution in [0.25, 0.3) is 0 Å². The smallest absolute Gasteiger partial charge is 0.191 e. The second-order valence-electron chi connectivity index (χ2n) is 4.33. The van der Waals surface area contributed by atoms with Gasteiger partial charge in [0.2, 0.25) is 0 Å². The largest absolute Gasteiger partial charge is 0.356 e. The molecule has 2 aromatic rings. The van der Waals surface area contributed by atoms with E-state index in [0.29, 0.717) is 0 Å². The minimum absolute atomic E-state index is 0. The molecule has 0 amide bonds. The minimum atomic E-state index is 0. The molecule has 8 heteroatoms. The summed E-state index contributed by atoms with van der Waals surface area (Å²) in [6.45, 7) is 5.68. The molecule has 21 heavy (non-hydrogen) atoms. The first-order valence-corrected chi connectivity index (χ1v) is 8.13. The van der Waals surface area contributed by atoms with E-state index < -0.39 is 0 Å². The molecule has 2 rings (SSSR count). The number of aliphatic imine (C=N–C) groups is 1. The number of thiazole rings is 2. The van der Waals surface area contributed by atoms with Gasteiger partial charge < -0.3 is 10.6 Å². The molecule has 0 aliphatic carbocycles. The van der Waals surface area contributed by atoms with Crippen LogP contribution in [0.15, 0.2) is 16.7 Å². The molecule has 0 radical (unpaired) electrons. The molecule has 0 saturated heterocycles. The highest BCUT2D eigenvalue weighted by atomic mass is 127. The average Bonchev–Trinajstić information content (AvgIpc) is 3.03. The van der Waals surface area contributed by atoms with Gasteiger partial charge in [-0.25, -0.2) is 9.97 Å². The summed E-state index contributed by atoms with van der Waals surface area (Å²) in [4.78, 5) is 15.3. The van der Waals surface area contributed by atoms with E-state index in [-0.39, 0.29) is 24.0 Å². The van der Waals surface area contributed by atoms with Gasteiger partial charge in [-0.1, -0.05) is 0 Å². The quantitative estimate of drug-likeness (QED) is 0.429. The van der Waals surface area contributed by atoms with Crippen molar-refractivity contribution in [3.63, 3.8) is 0 Å². The topological polar surface area (TPSA) is 62.2 Å². The third-order valence-corrected chi connectivity index (χ3v) is 4.69. The highest BCUT2D eigenvalue weighted by Crippen LogP contribution is 2.11. The Hall–Kier alpha value is -0.740. The lowest BCUT2D eigenvalue weighted by atomic mass is 10.4. The van der Waals surface area contributed by atoms with Gasteiger partial charge in [0.15, 0.2) is 5.96 Å². The summed E-state index contributed by atoms with van der Waals surface area (Å²) in [6, 6.07) is 0. The number of halogens is 1. The molecule has 0 aromatic carbocycles. The van der Waals surface area contributed by atoms with Crippen LogP contribution in [0, 0.1) is 13.8 Å². The number of guanidine groups is 1. The van der Waals surface area contributed by atoms with Crippen LogP contribution in [0.3, 0.4) is 0 Å². The van der Waals surface area contributed by atoms with Crippen LogP contribution in [0.4, 0.5) is 0 Å². The lowest BCUT2D eigenvalue weighted by molar-refractivity contribution is 0.794. The van der Waals surface area contributed by atoms with E-state index in [1.54, 1.807) is 29.7 Å². The van der Waals surface area contributed by atoms with E-state index in [9.17, 15) is 0 Å². The molecule has 5 nitrogen and oxygen atoms in total. The fourth-order valence-corrected chi connectivity index (χ4v) is 3.19. The Bertz CT molecular complexity index is 579. The molecule has 0 spiro atoms. The molecule has 0 aliphatic rings. The molecule has 2 aromatic heterocycles. The van der Waals surface area contributed by atoms with Gasteiger partial charge in [0.05, 0.1) is 22.8 Å². The molecule has 0 saturated carbocycles. The summed E-state index contributed by atoms with van der Waals surface area (Å²) < 4.78 is 0. The number of hydrogen-bond acceptors (Lipinski definition) is 5. The third-order valence-electron chi connectivity index (χ3n) is 2.79. The van der Waals surface area contributed by atoms with Crippen LogP contribution in [0.1, 0.15) is 20.5 Å². The summed E-state index contributed by atoms with van der Waals surface area (Å²) in [5.74, 6) is 0.811. The van der Waals surface area contributed by atoms with Gasteiger partial charge in [0.25, 0.3) is 0 Å². The number of nitrogens with one attached hydrogen (secondary N) is 2. The normalized spacial score (nSPS) is 11.1. The van der Waals surface area contributed by atoms with Crippen LogP contribution in [-0.2, 0) is 13.0 Å². The van der Waals surface area contributed by atoms with Crippen molar-refractivity contribution in [1.82, 2.24) is 20.6 Å². The fraction of sp³-hybridized carbons (Fsp3) is 0.462. The van der Waals surface area contributed by atoms with Gasteiger partial charge >= 0.3 is 0 Å². The molecule has 0 unspecified atom stereocenters. The summed E-state index contributed by atoms with van der Waals surface area (Å²) in [6.07, 6.45) is 2.83. The molecule has 0 atom stereocenters. The Balaban J connectivity index is 0.00000220. The van der Waals surface area contributed by atoms with E-state index >= 15 is 0 Å². The van der Waals surface area contributed by atoms with E-state index in [2.05, 4.69) is 32.5 Å². The van der Waals surface area contributed by atoms with E-state index in [4.69, 9.17) is 0 Å². The maximum Gasteiger partial charge on any atom is 0.191 e. The monoisotopic (exact) mass is 437 g/mol. The van der Waals surface area contributed by atoms with Crippen LogP contribution in [-0.4, -0.2) is 29.5 Å². The van der Waals surface area contributed by atoms with Crippen molar-refractivity contribution in [2.45, 2.75) is 26.8 Å². The number of aryl methyl sites for hydroxylation is 2. The summed E-state index contributed by atoms with van der Waals surface area (Å²) in [7, 11) is 1.78. The first-order chi connectivity index (χ1) is 9.69. The average molecular weight is 437 g/mol. The van der Waals surface area contributed by atoms with E-state index in [0.717, 1.165) is 36.2 Å². The second-order valence-corrected chi connectivity index (χ2v) is 6.59.